The van der Waals surface area contributed by atoms with Gasteiger partial charge in [0, 0.05) is 36.8 Å². The monoisotopic (exact) mass is 268 g/mol. The number of para-hydroxylation sites is 1. The van der Waals surface area contributed by atoms with E-state index in [2.05, 4.69) is 10.3 Å². The van der Waals surface area contributed by atoms with Crippen molar-refractivity contribution in [3.63, 3.8) is 0 Å². The Morgan fingerprint density at radius 3 is 2.90 bits per heavy atom. The van der Waals surface area contributed by atoms with Gasteiger partial charge in [-0.05, 0) is 23.8 Å². The molecule has 0 radical (unpaired) electrons. The molecule has 0 saturated carbocycles. The Labute approximate surface area is 117 Å². The van der Waals surface area contributed by atoms with Crippen LogP contribution in [0.15, 0.2) is 48.8 Å². The molecule has 0 saturated heterocycles. The number of ether oxygens (including phenoxy) is 1. The fourth-order valence-electron chi connectivity index (χ4n) is 2.40. The average molecular weight is 268 g/mol. The van der Waals surface area contributed by atoms with E-state index in [1.165, 1.54) is 0 Å². The van der Waals surface area contributed by atoms with E-state index in [0.717, 1.165) is 16.9 Å². The Kier molecular flexibility index (Phi) is 3.63. The van der Waals surface area contributed by atoms with E-state index in [9.17, 15) is 4.79 Å². The van der Waals surface area contributed by atoms with Crippen LogP contribution in [0.25, 0.3) is 0 Å². The molecule has 1 aromatic heterocycles. The lowest BCUT2D eigenvalue weighted by molar-refractivity contribution is -0.121. The summed E-state index contributed by atoms with van der Waals surface area (Å²) < 4.78 is 5.59. The molecule has 1 atom stereocenters. The second kappa shape index (κ2) is 5.74. The summed E-state index contributed by atoms with van der Waals surface area (Å²) in [6, 6.07) is 11.7. The number of hydrogen-bond acceptors (Lipinski definition) is 3. The van der Waals surface area contributed by atoms with Gasteiger partial charge in [-0.25, -0.2) is 0 Å². The Balaban J connectivity index is 1.55. The van der Waals surface area contributed by atoms with Crippen molar-refractivity contribution >= 4 is 5.91 Å². The summed E-state index contributed by atoms with van der Waals surface area (Å²) in [6.07, 6.45) is 3.91. The molecule has 1 N–H and O–H groups in total. The molecular formula is C16H16N2O2. The number of pyridine rings is 1. The van der Waals surface area contributed by atoms with E-state index >= 15 is 0 Å². The maximum atomic E-state index is 12.0. The van der Waals surface area contributed by atoms with Crippen LogP contribution < -0.4 is 10.1 Å². The van der Waals surface area contributed by atoms with Crippen molar-refractivity contribution in [3.05, 3.63) is 59.9 Å². The molecule has 1 unspecified atom stereocenters. The molecule has 20 heavy (non-hydrogen) atoms. The highest BCUT2D eigenvalue weighted by atomic mass is 16.5. The first-order chi connectivity index (χ1) is 9.83. The molecule has 102 valence electrons. The molecule has 1 aliphatic heterocycles. The SMILES string of the molecule is O=C(CC1COc2ccccc21)NCc1ccncc1. The molecule has 4 heteroatoms. The van der Waals surface area contributed by atoms with Crippen LogP contribution in [-0.4, -0.2) is 17.5 Å². The van der Waals surface area contributed by atoms with Crippen LogP contribution in [0.4, 0.5) is 0 Å². The first-order valence-corrected chi connectivity index (χ1v) is 6.70. The van der Waals surface area contributed by atoms with Gasteiger partial charge in [-0.1, -0.05) is 18.2 Å². The third kappa shape index (κ3) is 2.79. The van der Waals surface area contributed by atoms with E-state index < -0.39 is 0 Å². The zero-order valence-electron chi connectivity index (χ0n) is 11.1. The smallest absolute Gasteiger partial charge is 0.221 e. The zero-order chi connectivity index (χ0) is 13.8. The Hall–Kier alpha value is -2.36. The van der Waals surface area contributed by atoms with Gasteiger partial charge in [-0.15, -0.1) is 0 Å². The second-order valence-corrected chi connectivity index (χ2v) is 4.88. The van der Waals surface area contributed by atoms with Gasteiger partial charge in [-0.2, -0.15) is 0 Å². The van der Waals surface area contributed by atoms with Crippen molar-refractivity contribution in [2.45, 2.75) is 18.9 Å². The van der Waals surface area contributed by atoms with Gasteiger partial charge in [0.25, 0.3) is 0 Å². The highest BCUT2D eigenvalue weighted by molar-refractivity contribution is 5.77. The number of carbonyl (C=O) groups is 1. The van der Waals surface area contributed by atoms with Crippen LogP contribution in [0, 0.1) is 0 Å². The highest BCUT2D eigenvalue weighted by Crippen LogP contribution is 2.35. The molecule has 2 heterocycles. The van der Waals surface area contributed by atoms with Crippen LogP contribution >= 0.6 is 0 Å². The highest BCUT2D eigenvalue weighted by Gasteiger charge is 2.25. The number of aromatic nitrogens is 1. The lowest BCUT2D eigenvalue weighted by atomic mass is 9.97. The predicted molar refractivity (Wildman–Crippen MR) is 75.4 cm³/mol. The molecule has 3 rings (SSSR count). The summed E-state index contributed by atoms with van der Waals surface area (Å²) in [5.74, 6) is 1.11. The average Bonchev–Trinajstić information content (AvgIpc) is 2.90. The van der Waals surface area contributed by atoms with Crippen molar-refractivity contribution in [1.82, 2.24) is 10.3 Å². The summed E-state index contributed by atoms with van der Waals surface area (Å²) in [7, 11) is 0. The normalized spacial score (nSPS) is 16.3. The number of rotatable bonds is 4. The predicted octanol–water partition coefficient (Wildman–Crippen LogP) is 2.26. The fraction of sp³-hybridized carbons (Fsp3) is 0.250. The molecule has 1 amide bonds. The lowest BCUT2D eigenvalue weighted by Crippen LogP contribution is -2.25. The third-order valence-electron chi connectivity index (χ3n) is 3.47. The molecular weight excluding hydrogens is 252 g/mol. The van der Waals surface area contributed by atoms with E-state index in [1.54, 1.807) is 12.4 Å². The van der Waals surface area contributed by atoms with Crippen molar-refractivity contribution in [2.24, 2.45) is 0 Å². The van der Waals surface area contributed by atoms with Gasteiger partial charge >= 0.3 is 0 Å². The zero-order valence-corrected chi connectivity index (χ0v) is 11.1. The number of nitrogens with zero attached hydrogens (tertiary/aromatic N) is 1. The topological polar surface area (TPSA) is 51.2 Å². The van der Waals surface area contributed by atoms with Gasteiger partial charge in [0.15, 0.2) is 0 Å². The number of nitrogens with one attached hydrogen (secondary N) is 1. The molecule has 4 nitrogen and oxygen atoms in total. The Morgan fingerprint density at radius 1 is 1.25 bits per heavy atom. The van der Waals surface area contributed by atoms with Crippen molar-refractivity contribution in [2.75, 3.05) is 6.61 Å². The number of carbonyl (C=O) groups excluding carboxylic acids is 1. The maximum absolute atomic E-state index is 12.0. The largest absolute Gasteiger partial charge is 0.493 e. The maximum Gasteiger partial charge on any atom is 0.221 e. The van der Waals surface area contributed by atoms with E-state index in [-0.39, 0.29) is 11.8 Å². The lowest BCUT2D eigenvalue weighted by Gasteiger charge is -2.09. The number of fused-ring (bicyclic) bond motifs is 1. The van der Waals surface area contributed by atoms with Crippen molar-refractivity contribution < 1.29 is 9.53 Å². The first kappa shape index (κ1) is 12.7. The summed E-state index contributed by atoms with van der Waals surface area (Å²) >= 11 is 0. The molecule has 0 fully saturated rings. The number of hydrogen-bond donors (Lipinski definition) is 1. The van der Waals surface area contributed by atoms with Gasteiger partial charge in [0.2, 0.25) is 5.91 Å². The van der Waals surface area contributed by atoms with E-state index in [4.69, 9.17) is 4.74 Å². The van der Waals surface area contributed by atoms with Crippen LogP contribution in [0.5, 0.6) is 5.75 Å². The van der Waals surface area contributed by atoms with Gasteiger partial charge in [0.1, 0.15) is 5.75 Å². The van der Waals surface area contributed by atoms with Gasteiger partial charge < -0.3 is 10.1 Å². The molecule has 2 aromatic rings. The third-order valence-corrected chi connectivity index (χ3v) is 3.47. The first-order valence-electron chi connectivity index (χ1n) is 6.70. The van der Waals surface area contributed by atoms with E-state index in [0.29, 0.717) is 19.6 Å². The fourth-order valence-corrected chi connectivity index (χ4v) is 2.40. The second-order valence-electron chi connectivity index (χ2n) is 4.88. The summed E-state index contributed by atoms with van der Waals surface area (Å²) in [4.78, 5) is 16.0. The molecule has 0 spiro atoms. The number of benzene rings is 1. The molecule has 1 aromatic carbocycles. The van der Waals surface area contributed by atoms with Crippen molar-refractivity contribution in [1.29, 1.82) is 0 Å². The Morgan fingerprint density at radius 2 is 2.05 bits per heavy atom. The standard InChI is InChI=1S/C16H16N2O2/c19-16(18-10-12-5-7-17-8-6-12)9-13-11-20-15-4-2-1-3-14(13)15/h1-8,13H,9-11H2,(H,18,19). The van der Waals surface area contributed by atoms with Gasteiger partial charge in [-0.3, -0.25) is 9.78 Å². The summed E-state index contributed by atoms with van der Waals surface area (Å²) in [5.41, 5.74) is 2.18. The van der Waals surface area contributed by atoms with Crippen LogP contribution in [0.1, 0.15) is 23.5 Å². The molecule has 1 aliphatic rings. The van der Waals surface area contributed by atoms with Crippen LogP contribution in [-0.2, 0) is 11.3 Å². The van der Waals surface area contributed by atoms with Crippen LogP contribution in [0.3, 0.4) is 0 Å². The summed E-state index contributed by atoms with van der Waals surface area (Å²) in [6.45, 7) is 1.12. The minimum atomic E-state index is 0.0483. The minimum absolute atomic E-state index is 0.0483. The molecule has 0 aliphatic carbocycles. The minimum Gasteiger partial charge on any atom is -0.493 e. The number of amides is 1. The van der Waals surface area contributed by atoms with E-state index in [1.807, 2.05) is 36.4 Å². The van der Waals surface area contributed by atoms with Gasteiger partial charge in [0.05, 0.1) is 6.61 Å². The van der Waals surface area contributed by atoms with Crippen molar-refractivity contribution in [3.8, 4) is 5.75 Å². The van der Waals surface area contributed by atoms with Crippen LogP contribution in [0.2, 0.25) is 0 Å². The quantitative estimate of drug-likeness (QED) is 0.925. The summed E-state index contributed by atoms with van der Waals surface area (Å²) in [5, 5.41) is 2.93. The molecule has 0 bridgehead atoms. The Bertz CT molecular complexity index is 598.